The van der Waals surface area contributed by atoms with Gasteiger partial charge >= 0.3 is 0 Å². The Bertz CT molecular complexity index is 327. The molecule has 1 aromatic heterocycles. The van der Waals surface area contributed by atoms with Gasteiger partial charge in [-0.3, -0.25) is 4.90 Å². The van der Waals surface area contributed by atoms with Crippen LogP contribution < -0.4 is 5.32 Å². The Morgan fingerprint density at radius 3 is 2.71 bits per heavy atom. The fourth-order valence-corrected chi connectivity index (χ4v) is 3.54. The second kappa shape index (κ2) is 6.47. The zero-order chi connectivity index (χ0) is 12.1. The lowest BCUT2D eigenvalue weighted by Crippen LogP contribution is -2.42. The summed E-state index contributed by atoms with van der Waals surface area (Å²) in [6.45, 7) is 10.2. The molecule has 0 aliphatic carbocycles. The summed E-state index contributed by atoms with van der Waals surface area (Å²) in [6, 6.07) is 0. The topological polar surface area (TPSA) is 28.2 Å². The minimum Gasteiger partial charge on any atom is -0.314 e. The Labute approximate surface area is 108 Å². The molecule has 1 aliphatic heterocycles. The quantitative estimate of drug-likeness (QED) is 0.873. The number of hydrogen-bond donors (Lipinski definition) is 1. The lowest BCUT2D eigenvalue weighted by atomic mass is 10.1. The van der Waals surface area contributed by atoms with E-state index in [1.165, 1.54) is 22.7 Å². The van der Waals surface area contributed by atoms with Crippen LogP contribution in [0.15, 0.2) is 6.20 Å². The van der Waals surface area contributed by atoms with Gasteiger partial charge in [0.05, 0.1) is 5.01 Å². The average Bonchev–Trinajstić information content (AvgIpc) is 2.81. The van der Waals surface area contributed by atoms with Crippen molar-refractivity contribution in [3.63, 3.8) is 0 Å². The summed E-state index contributed by atoms with van der Waals surface area (Å²) in [6.07, 6.45) is 4.49. The van der Waals surface area contributed by atoms with Gasteiger partial charge in [-0.25, -0.2) is 4.98 Å². The molecule has 0 spiro atoms. The third-order valence-corrected chi connectivity index (χ3v) is 4.64. The molecule has 1 saturated heterocycles. The van der Waals surface area contributed by atoms with Crippen molar-refractivity contribution in [3.8, 4) is 0 Å². The Kier molecular flexibility index (Phi) is 4.95. The highest BCUT2D eigenvalue weighted by Gasteiger charge is 2.14. The van der Waals surface area contributed by atoms with E-state index in [1.54, 1.807) is 0 Å². The fraction of sp³-hybridized carbons (Fsp3) is 0.769. The number of rotatable bonds is 5. The maximum Gasteiger partial charge on any atom is 0.0958 e. The van der Waals surface area contributed by atoms with Gasteiger partial charge in [-0.1, -0.05) is 13.8 Å². The number of aromatic nitrogens is 1. The molecule has 0 amide bonds. The van der Waals surface area contributed by atoms with E-state index < -0.39 is 0 Å². The molecule has 4 heteroatoms. The van der Waals surface area contributed by atoms with Crippen LogP contribution in [0, 0.1) is 0 Å². The molecule has 0 radical (unpaired) electrons. The fourth-order valence-electron chi connectivity index (χ4n) is 2.31. The molecule has 1 aromatic rings. The van der Waals surface area contributed by atoms with E-state index in [-0.39, 0.29) is 0 Å². The first-order valence-electron chi connectivity index (χ1n) is 6.71. The van der Waals surface area contributed by atoms with Crippen molar-refractivity contribution in [2.75, 3.05) is 26.2 Å². The van der Waals surface area contributed by atoms with E-state index in [9.17, 15) is 0 Å². The van der Waals surface area contributed by atoms with Crippen LogP contribution in [0.5, 0.6) is 0 Å². The summed E-state index contributed by atoms with van der Waals surface area (Å²) in [5, 5.41) is 4.72. The van der Waals surface area contributed by atoms with Crippen molar-refractivity contribution >= 4 is 11.3 Å². The molecule has 0 atom stereocenters. The van der Waals surface area contributed by atoms with Gasteiger partial charge in [0.25, 0.3) is 0 Å². The van der Waals surface area contributed by atoms with E-state index in [1.807, 2.05) is 11.3 Å². The predicted molar refractivity (Wildman–Crippen MR) is 73.6 cm³/mol. The molecule has 2 rings (SSSR count). The first-order valence-corrected chi connectivity index (χ1v) is 7.52. The molecular formula is C13H23N3S. The van der Waals surface area contributed by atoms with Crippen LogP contribution in [0.4, 0.5) is 0 Å². The maximum absolute atomic E-state index is 4.60. The van der Waals surface area contributed by atoms with Gasteiger partial charge in [0.2, 0.25) is 0 Å². The Hall–Kier alpha value is -0.450. The summed E-state index contributed by atoms with van der Waals surface area (Å²) in [7, 11) is 0. The van der Waals surface area contributed by atoms with Crippen LogP contribution in [-0.4, -0.2) is 36.1 Å². The molecule has 0 bridgehead atoms. The largest absolute Gasteiger partial charge is 0.314 e. The molecule has 2 heterocycles. The third kappa shape index (κ3) is 3.50. The first kappa shape index (κ1) is 13.0. The van der Waals surface area contributed by atoms with Gasteiger partial charge in [0, 0.05) is 49.7 Å². The highest BCUT2D eigenvalue weighted by molar-refractivity contribution is 7.11. The van der Waals surface area contributed by atoms with Gasteiger partial charge < -0.3 is 5.32 Å². The highest BCUT2D eigenvalue weighted by Crippen LogP contribution is 2.27. The van der Waals surface area contributed by atoms with Crippen LogP contribution >= 0.6 is 11.3 Å². The molecule has 17 heavy (non-hydrogen) atoms. The number of hydrogen-bond acceptors (Lipinski definition) is 4. The Morgan fingerprint density at radius 2 is 2.06 bits per heavy atom. The number of thiazole rings is 1. The molecule has 1 aliphatic rings. The van der Waals surface area contributed by atoms with Gasteiger partial charge in [-0.15, -0.1) is 11.3 Å². The summed E-state index contributed by atoms with van der Waals surface area (Å²) in [5.74, 6) is 0.664. The third-order valence-electron chi connectivity index (χ3n) is 3.50. The minimum atomic E-state index is 0.664. The minimum absolute atomic E-state index is 0.664. The van der Waals surface area contributed by atoms with Gasteiger partial charge in [0.15, 0.2) is 0 Å². The van der Waals surface area contributed by atoms with E-state index >= 15 is 0 Å². The van der Waals surface area contributed by atoms with Crippen LogP contribution in [0.25, 0.3) is 0 Å². The van der Waals surface area contributed by atoms with Crippen molar-refractivity contribution in [2.24, 2.45) is 0 Å². The van der Waals surface area contributed by atoms with Crippen LogP contribution in [0.2, 0.25) is 0 Å². The molecular weight excluding hydrogens is 230 g/mol. The van der Waals surface area contributed by atoms with E-state index in [2.05, 4.69) is 35.2 Å². The maximum atomic E-state index is 4.60. The van der Waals surface area contributed by atoms with Crippen molar-refractivity contribution < 1.29 is 0 Å². The van der Waals surface area contributed by atoms with Gasteiger partial charge in [-0.2, -0.15) is 0 Å². The van der Waals surface area contributed by atoms with Crippen LogP contribution in [0.1, 0.15) is 42.5 Å². The molecule has 3 nitrogen and oxygen atoms in total. The lowest BCUT2D eigenvalue weighted by Gasteiger charge is -2.26. The average molecular weight is 253 g/mol. The number of nitrogens with one attached hydrogen (secondary N) is 1. The number of piperazine rings is 1. The normalized spacial score (nSPS) is 17.8. The summed E-state index contributed by atoms with van der Waals surface area (Å²) in [4.78, 5) is 8.54. The van der Waals surface area contributed by atoms with Gasteiger partial charge in [0.1, 0.15) is 0 Å². The molecule has 0 aromatic carbocycles. The molecule has 0 saturated carbocycles. The zero-order valence-electron chi connectivity index (χ0n) is 10.9. The molecule has 1 N–H and O–H groups in total. The van der Waals surface area contributed by atoms with Crippen molar-refractivity contribution in [1.29, 1.82) is 0 Å². The summed E-state index contributed by atoms with van der Waals surface area (Å²) >= 11 is 1.91. The van der Waals surface area contributed by atoms with E-state index in [0.29, 0.717) is 5.92 Å². The predicted octanol–water partition coefficient (Wildman–Crippen LogP) is 2.45. The molecule has 96 valence electrons. The van der Waals surface area contributed by atoms with Crippen LogP contribution in [-0.2, 0) is 6.54 Å². The summed E-state index contributed by atoms with van der Waals surface area (Å²) in [5.41, 5.74) is 0. The van der Waals surface area contributed by atoms with Gasteiger partial charge in [-0.05, 0) is 12.8 Å². The monoisotopic (exact) mass is 253 g/mol. The van der Waals surface area contributed by atoms with E-state index in [0.717, 1.165) is 32.7 Å². The van der Waals surface area contributed by atoms with Crippen molar-refractivity contribution in [3.05, 3.63) is 16.1 Å². The highest BCUT2D eigenvalue weighted by atomic mass is 32.1. The Balaban J connectivity index is 1.93. The lowest BCUT2D eigenvalue weighted by molar-refractivity contribution is 0.235. The smallest absolute Gasteiger partial charge is 0.0958 e. The van der Waals surface area contributed by atoms with E-state index in [4.69, 9.17) is 0 Å². The van der Waals surface area contributed by atoms with Crippen molar-refractivity contribution in [1.82, 2.24) is 15.2 Å². The number of nitrogens with zero attached hydrogens (tertiary/aromatic N) is 2. The SMILES string of the molecule is CCC(CC)c1ncc(CN2CCNCC2)s1. The van der Waals surface area contributed by atoms with Crippen LogP contribution in [0.3, 0.4) is 0 Å². The first-order chi connectivity index (χ1) is 8.33. The molecule has 1 fully saturated rings. The standard InChI is InChI=1S/C13H23N3S/c1-3-11(4-2)13-15-9-12(17-13)10-16-7-5-14-6-8-16/h9,11,14H,3-8,10H2,1-2H3. The second-order valence-electron chi connectivity index (χ2n) is 4.70. The molecule has 0 unspecified atom stereocenters. The Morgan fingerprint density at radius 1 is 1.35 bits per heavy atom. The van der Waals surface area contributed by atoms with Crippen molar-refractivity contribution in [2.45, 2.75) is 39.2 Å². The second-order valence-corrected chi connectivity index (χ2v) is 5.85. The zero-order valence-corrected chi connectivity index (χ0v) is 11.7. The summed E-state index contributed by atoms with van der Waals surface area (Å²) < 4.78 is 0.